The van der Waals surface area contributed by atoms with Crippen LogP contribution in [-0.4, -0.2) is 30.3 Å². The number of ether oxygens (including phenoxy) is 2. The van der Waals surface area contributed by atoms with E-state index in [2.05, 4.69) is 16.5 Å². The fraction of sp³-hybridized carbons (Fsp3) is 0.556. The van der Waals surface area contributed by atoms with Crippen LogP contribution in [0.1, 0.15) is 40.0 Å². The molecule has 2 aromatic rings. The van der Waals surface area contributed by atoms with Crippen molar-refractivity contribution < 1.29 is 14.3 Å². The Morgan fingerprint density at radius 3 is 2.79 bits per heavy atom. The average molecular weight is 350 g/mol. The van der Waals surface area contributed by atoms with E-state index in [-0.39, 0.29) is 5.91 Å². The summed E-state index contributed by atoms with van der Waals surface area (Å²) < 4.78 is 14.2. The highest BCUT2D eigenvalue weighted by molar-refractivity contribution is 7.16. The summed E-state index contributed by atoms with van der Waals surface area (Å²) in [5.41, 5.74) is 1.06. The molecule has 0 fully saturated rings. The molecular formula is C18H26N2O3S. The summed E-state index contributed by atoms with van der Waals surface area (Å²) in [4.78, 5) is 17.1. The molecule has 24 heavy (non-hydrogen) atoms. The summed E-state index contributed by atoms with van der Waals surface area (Å²) in [6, 6.07) is 5.99. The standard InChI is InChI=1S/C18H26N2O3S/c1-4-7-8-17(21)19-18-20(11-12-22-5-2)15-10-9-14(23-6-3)13-16(15)24-18/h9-10,13H,4-8,11-12H2,1-3H3. The zero-order valence-corrected chi connectivity index (χ0v) is 15.5. The number of carbonyl (C=O) groups excluding carboxylic acids is 1. The Bertz CT molecular complexity index is 733. The maximum Gasteiger partial charge on any atom is 0.248 e. The Hall–Kier alpha value is -1.66. The molecule has 0 saturated heterocycles. The Morgan fingerprint density at radius 1 is 1.25 bits per heavy atom. The van der Waals surface area contributed by atoms with Gasteiger partial charge in [0.15, 0.2) is 4.80 Å². The fourth-order valence-corrected chi connectivity index (χ4v) is 3.50. The lowest BCUT2D eigenvalue weighted by Gasteiger charge is -2.06. The predicted molar refractivity (Wildman–Crippen MR) is 97.6 cm³/mol. The minimum absolute atomic E-state index is 0.0569. The molecule has 1 aromatic heterocycles. The van der Waals surface area contributed by atoms with Gasteiger partial charge in [-0.25, -0.2) is 0 Å². The Kier molecular flexibility index (Phi) is 7.46. The second-order valence-electron chi connectivity index (χ2n) is 5.40. The molecule has 1 aromatic carbocycles. The van der Waals surface area contributed by atoms with Crippen molar-refractivity contribution >= 4 is 27.5 Å². The van der Waals surface area contributed by atoms with Gasteiger partial charge in [0.05, 0.1) is 23.4 Å². The number of nitrogens with zero attached hydrogens (tertiary/aromatic N) is 2. The highest BCUT2D eigenvalue weighted by Crippen LogP contribution is 2.23. The SMILES string of the molecule is CCCCC(=O)N=c1sc2cc(OCC)ccc2n1CCOCC. The third-order valence-electron chi connectivity index (χ3n) is 3.59. The van der Waals surface area contributed by atoms with Crippen molar-refractivity contribution in [1.29, 1.82) is 0 Å². The van der Waals surface area contributed by atoms with Crippen LogP contribution >= 0.6 is 11.3 Å². The lowest BCUT2D eigenvalue weighted by atomic mass is 10.2. The van der Waals surface area contributed by atoms with Crippen molar-refractivity contribution in [3.63, 3.8) is 0 Å². The van der Waals surface area contributed by atoms with Crippen LogP contribution < -0.4 is 9.54 Å². The number of benzene rings is 1. The van der Waals surface area contributed by atoms with Crippen LogP contribution in [-0.2, 0) is 16.1 Å². The van der Waals surface area contributed by atoms with Gasteiger partial charge in [0.2, 0.25) is 5.91 Å². The van der Waals surface area contributed by atoms with E-state index >= 15 is 0 Å². The third kappa shape index (κ3) is 4.92. The summed E-state index contributed by atoms with van der Waals surface area (Å²) in [7, 11) is 0. The van der Waals surface area contributed by atoms with E-state index in [1.165, 1.54) is 11.3 Å². The molecule has 0 unspecified atom stereocenters. The zero-order chi connectivity index (χ0) is 17.4. The van der Waals surface area contributed by atoms with Crippen molar-refractivity contribution in [2.24, 2.45) is 4.99 Å². The quantitative estimate of drug-likeness (QED) is 0.647. The van der Waals surface area contributed by atoms with Crippen LogP contribution in [0.5, 0.6) is 5.75 Å². The van der Waals surface area contributed by atoms with Gasteiger partial charge in [-0.1, -0.05) is 24.7 Å². The van der Waals surface area contributed by atoms with Gasteiger partial charge in [0.1, 0.15) is 5.75 Å². The molecule has 0 bridgehead atoms. The monoisotopic (exact) mass is 350 g/mol. The molecule has 0 atom stereocenters. The van der Waals surface area contributed by atoms with Crippen molar-refractivity contribution in [2.45, 2.75) is 46.6 Å². The topological polar surface area (TPSA) is 52.8 Å². The number of rotatable bonds is 9. The first-order chi connectivity index (χ1) is 11.7. The van der Waals surface area contributed by atoms with E-state index in [1.807, 2.05) is 32.0 Å². The molecule has 1 heterocycles. The average Bonchev–Trinajstić information content (AvgIpc) is 2.90. The number of hydrogen-bond acceptors (Lipinski definition) is 4. The van der Waals surface area contributed by atoms with Gasteiger partial charge in [-0.05, 0) is 38.5 Å². The Balaban J connectivity index is 2.40. The Labute approximate surface area is 146 Å². The maximum atomic E-state index is 12.1. The molecule has 0 aliphatic heterocycles. The lowest BCUT2D eigenvalue weighted by molar-refractivity contribution is -0.118. The minimum atomic E-state index is -0.0569. The fourth-order valence-electron chi connectivity index (χ4n) is 2.40. The van der Waals surface area contributed by atoms with Gasteiger partial charge in [0, 0.05) is 19.6 Å². The second kappa shape index (κ2) is 9.59. The molecule has 0 saturated carbocycles. The first kappa shape index (κ1) is 18.7. The number of carbonyl (C=O) groups is 1. The Morgan fingerprint density at radius 2 is 2.08 bits per heavy atom. The number of fused-ring (bicyclic) bond motifs is 1. The van der Waals surface area contributed by atoms with E-state index in [0.717, 1.165) is 33.6 Å². The summed E-state index contributed by atoms with van der Waals surface area (Å²) in [5, 5.41) is 0. The smallest absolute Gasteiger partial charge is 0.248 e. The maximum absolute atomic E-state index is 12.1. The largest absolute Gasteiger partial charge is 0.494 e. The van der Waals surface area contributed by atoms with Crippen LogP contribution in [0.2, 0.25) is 0 Å². The zero-order valence-electron chi connectivity index (χ0n) is 14.7. The molecule has 6 heteroatoms. The number of unbranched alkanes of at least 4 members (excludes halogenated alkanes) is 1. The van der Waals surface area contributed by atoms with Gasteiger partial charge in [-0.15, -0.1) is 0 Å². The van der Waals surface area contributed by atoms with Crippen LogP contribution in [0.15, 0.2) is 23.2 Å². The van der Waals surface area contributed by atoms with E-state index in [1.54, 1.807) is 0 Å². The third-order valence-corrected chi connectivity index (χ3v) is 4.63. The number of amides is 1. The van der Waals surface area contributed by atoms with Crippen molar-refractivity contribution in [3.8, 4) is 5.75 Å². The van der Waals surface area contributed by atoms with E-state index in [9.17, 15) is 4.79 Å². The highest BCUT2D eigenvalue weighted by atomic mass is 32.1. The molecule has 0 N–H and O–H groups in total. The molecule has 0 spiro atoms. The molecule has 0 aliphatic rings. The minimum Gasteiger partial charge on any atom is -0.494 e. The predicted octanol–water partition coefficient (Wildman–Crippen LogP) is 3.76. The molecule has 1 amide bonds. The molecule has 5 nitrogen and oxygen atoms in total. The van der Waals surface area contributed by atoms with E-state index < -0.39 is 0 Å². The summed E-state index contributed by atoms with van der Waals surface area (Å²) in [5.74, 6) is 0.783. The molecular weight excluding hydrogens is 324 g/mol. The summed E-state index contributed by atoms with van der Waals surface area (Å²) >= 11 is 1.52. The summed E-state index contributed by atoms with van der Waals surface area (Å²) in [6.07, 6.45) is 2.37. The van der Waals surface area contributed by atoms with Gasteiger partial charge < -0.3 is 14.0 Å². The second-order valence-corrected chi connectivity index (χ2v) is 6.41. The molecule has 0 radical (unpaired) electrons. The van der Waals surface area contributed by atoms with Crippen LogP contribution in [0.25, 0.3) is 10.2 Å². The molecule has 2 rings (SSSR count). The number of aromatic nitrogens is 1. The first-order valence-corrected chi connectivity index (χ1v) is 9.42. The van der Waals surface area contributed by atoms with Crippen LogP contribution in [0.3, 0.4) is 0 Å². The van der Waals surface area contributed by atoms with Gasteiger partial charge in [0.25, 0.3) is 0 Å². The van der Waals surface area contributed by atoms with Gasteiger partial charge in [-0.2, -0.15) is 4.99 Å². The molecule has 132 valence electrons. The van der Waals surface area contributed by atoms with Crippen LogP contribution in [0, 0.1) is 0 Å². The van der Waals surface area contributed by atoms with Crippen LogP contribution in [0.4, 0.5) is 0 Å². The normalized spacial score (nSPS) is 12.0. The first-order valence-electron chi connectivity index (χ1n) is 8.61. The molecule has 0 aliphatic carbocycles. The number of hydrogen-bond donors (Lipinski definition) is 0. The van der Waals surface area contributed by atoms with Gasteiger partial charge >= 0.3 is 0 Å². The van der Waals surface area contributed by atoms with E-state index in [4.69, 9.17) is 9.47 Å². The van der Waals surface area contributed by atoms with Crippen molar-refractivity contribution in [2.75, 3.05) is 19.8 Å². The highest BCUT2D eigenvalue weighted by Gasteiger charge is 2.09. The lowest BCUT2D eigenvalue weighted by Crippen LogP contribution is -2.19. The van der Waals surface area contributed by atoms with E-state index in [0.29, 0.717) is 32.8 Å². The summed E-state index contributed by atoms with van der Waals surface area (Å²) in [6.45, 7) is 8.61. The van der Waals surface area contributed by atoms with Gasteiger partial charge in [-0.3, -0.25) is 4.79 Å². The van der Waals surface area contributed by atoms with Crippen molar-refractivity contribution in [3.05, 3.63) is 23.0 Å². The number of thiazole rings is 1. The van der Waals surface area contributed by atoms with Crippen molar-refractivity contribution in [1.82, 2.24) is 4.57 Å².